The summed E-state index contributed by atoms with van der Waals surface area (Å²) in [6.45, 7) is 6.17. The Morgan fingerprint density at radius 2 is 1.12 bits per heavy atom. The van der Waals surface area contributed by atoms with E-state index in [1.807, 2.05) is 0 Å². The SMILES string of the molecule is C=COS(=O)(=O)CC=CCS(=O)(=O)OC=C. The van der Waals surface area contributed by atoms with Gasteiger partial charge in [-0.2, -0.15) is 16.8 Å². The molecule has 0 N–H and O–H groups in total. The molecule has 0 saturated heterocycles. The first-order valence-electron chi connectivity index (χ1n) is 4.02. The molecule has 16 heavy (non-hydrogen) atoms. The van der Waals surface area contributed by atoms with Gasteiger partial charge in [0, 0.05) is 0 Å². The van der Waals surface area contributed by atoms with Crippen LogP contribution in [-0.2, 0) is 28.6 Å². The van der Waals surface area contributed by atoms with E-state index in [1.165, 1.54) is 0 Å². The predicted molar refractivity (Wildman–Crippen MR) is 59.3 cm³/mol. The third-order valence-electron chi connectivity index (χ3n) is 1.20. The van der Waals surface area contributed by atoms with Gasteiger partial charge in [-0.05, 0) is 0 Å². The molecule has 0 amide bonds. The summed E-state index contributed by atoms with van der Waals surface area (Å²) in [5.74, 6) is -0.884. The molecule has 0 aliphatic carbocycles. The van der Waals surface area contributed by atoms with Crippen LogP contribution in [0.5, 0.6) is 0 Å². The Bertz CT molecular complexity index is 413. The highest BCUT2D eigenvalue weighted by molar-refractivity contribution is 7.87. The minimum absolute atomic E-state index is 0.442. The molecular formula is C8H12O6S2. The van der Waals surface area contributed by atoms with Crippen LogP contribution < -0.4 is 0 Å². The van der Waals surface area contributed by atoms with Gasteiger partial charge in [0.2, 0.25) is 0 Å². The summed E-state index contributed by atoms with van der Waals surface area (Å²) in [6.07, 6.45) is 3.84. The number of hydrogen-bond donors (Lipinski definition) is 0. The van der Waals surface area contributed by atoms with E-state index >= 15 is 0 Å². The Balaban J connectivity index is 4.24. The first-order chi connectivity index (χ1) is 7.33. The number of rotatable bonds is 8. The first kappa shape index (κ1) is 14.7. The molecule has 0 aromatic carbocycles. The molecule has 0 aliphatic rings. The fourth-order valence-corrected chi connectivity index (χ4v) is 1.97. The lowest BCUT2D eigenvalue weighted by molar-refractivity contribution is 0.445. The molecule has 0 fully saturated rings. The van der Waals surface area contributed by atoms with Gasteiger partial charge in [-0.3, -0.25) is 0 Å². The van der Waals surface area contributed by atoms with Gasteiger partial charge in [-0.15, -0.1) is 0 Å². The topological polar surface area (TPSA) is 86.7 Å². The molecule has 6 nitrogen and oxygen atoms in total. The van der Waals surface area contributed by atoms with Gasteiger partial charge in [-0.25, -0.2) is 0 Å². The van der Waals surface area contributed by atoms with Crippen LogP contribution in [0.25, 0.3) is 0 Å². The third kappa shape index (κ3) is 7.07. The van der Waals surface area contributed by atoms with Crippen molar-refractivity contribution in [3.8, 4) is 0 Å². The summed E-state index contributed by atoms with van der Waals surface area (Å²) in [7, 11) is -7.44. The molecule has 0 heterocycles. The van der Waals surface area contributed by atoms with E-state index in [1.54, 1.807) is 0 Å². The second kappa shape index (κ2) is 6.33. The van der Waals surface area contributed by atoms with Gasteiger partial charge in [-0.1, -0.05) is 25.3 Å². The van der Waals surface area contributed by atoms with Gasteiger partial charge in [0.1, 0.15) is 11.5 Å². The summed E-state index contributed by atoms with van der Waals surface area (Å²) >= 11 is 0. The van der Waals surface area contributed by atoms with Crippen LogP contribution in [-0.4, -0.2) is 28.3 Å². The molecule has 0 aliphatic heterocycles. The van der Waals surface area contributed by atoms with Crippen LogP contribution >= 0.6 is 0 Å². The average Bonchev–Trinajstić information content (AvgIpc) is 2.12. The highest BCUT2D eigenvalue weighted by Crippen LogP contribution is 1.97. The lowest BCUT2D eigenvalue weighted by atomic mass is 10.6. The summed E-state index contributed by atoms with van der Waals surface area (Å²) in [5.41, 5.74) is 0. The molecule has 0 atom stereocenters. The van der Waals surface area contributed by atoms with Crippen molar-refractivity contribution in [1.82, 2.24) is 0 Å². The normalized spacial score (nSPS) is 12.2. The molecule has 0 saturated carbocycles. The molecule has 0 bridgehead atoms. The van der Waals surface area contributed by atoms with Gasteiger partial charge in [0.15, 0.2) is 0 Å². The van der Waals surface area contributed by atoms with Crippen LogP contribution in [0.1, 0.15) is 0 Å². The highest BCUT2D eigenvalue weighted by Gasteiger charge is 2.08. The van der Waals surface area contributed by atoms with Gasteiger partial charge < -0.3 is 8.37 Å². The Morgan fingerprint density at radius 3 is 1.38 bits per heavy atom. The summed E-state index contributed by atoms with van der Waals surface area (Å²) in [5, 5.41) is 0. The first-order valence-corrected chi connectivity index (χ1v) is 7.17. The quantitative estimate of drug-likeness (QED) is 0.362. The zero-order chi connectivity index (χ0) is 12.7. The molecule has 0 radical (unpaired) electrons. The molecule has 0 rings (SSSR count). The second-order valence-electron chi connectivity index (χ2n) is 2.45. The molecule has 0 unspecified atom stereocenters. The predicted octanol–water partition coefficient (Wildman–Crippen LogP) is 0.522. The van der Waals surface area contributed by atoms with Gasteiger partial charge in [0.25, 0.3) is 0 Å². The van der Waals surface area contributed by atoms with Gasteiger partial charge in [0.05, 0.1) is 12.5 Å². The van der Waals surface area contributed by atoms with Crippen LogP contribution in [0.3, 0.4) is 0 Å². The van der Waals surface area contributed by atoms with E-state index in [-0.39, 0.29) is 0 Å². The zero-order valence-electron chi connectivity index (χ0n) is 8.40. The second-order valence-corrected chi connectivity index (χ2v) is 5.73. The molecule has 0 aromatic heterocycles. The van der Waals surface area contributed by atoms with E-state index in [0.29, 0.717) is 0 Å². The maximum absolute atomic E-state index is 10.9. The summed E-state index contributed by atoms with van der Waals surface area (Å²) in [6, 6.07) is 0. The molecular weight excluding hydrogens is 256 g/mol. The molecule has 92 valence electrons. The van der Waals surface area contributed by atoms with Crippen LogP contribution in [0.15, 0.2) is 37.8 Å². The van der Waals surface area contributed by atoms with Crippen LogP contribution in [0.4, 0.5) is 0 Å². The largest absolute Gasteiger partial charge is 0.391 e. The highest BCUT2D eigenvalue weighted by atomic mass is 32.2. The Hall–Kier alpha value is -1.28. The molecule has 8 heteroatoms. The summed E-state index contributed by atoms with van der Waals surface area (Å²) < 4.78 is 52.2. The lowest BCUT2D eigenvalue weighted by Crippen LogP contribution is -2.07. The van der Waals surface area contributed by atoms with Crippen molar-refractivity contribution in [2.24, 2.45) is 0 Å². The monoisotopic (exact) mass is 268 g/mol. The summed E-state index contributed by atoms with van der Waals surface area (Å²) in [4.78, 5) is 0. The Labute approximate surface area is 95.1 Å². The standard InChI is InChI=1S/C8H12O6S2/c1-3-13-15(9,10)7-5-6-8-16(11,12)14-4-2/h3-6H,1-2,7-8H2. The number of hydrogen-bond acceptors (Lipinski definition) is 6. The smallest absolute Gasteiger partial charge is 0.312 e. The van der Waals surface area contributed by atoms with Crippen molar-refractivity contribution in [2.75, 3.05) is 11.5 Å². The van der Waals surface area contributed by atoms with Crippen molar-refractivity contribution in [2.45, 2.75) is 0 Å². The Morgan fingerprint density at radius 1 is 0.812 bits per heavy atom. The maximum atomic E-state index is 10.9. The van der Waals surface area contributed by atoms with E-state index in [2.05, 4.69) is 21.5 Å². The van der Waals surface area contributed by atoms with Crippen LogP contribution in [0, 0.1) is 0 Å². The van der Waals surface area contributed by atoms with Crippen molar-refractivity contribution in [3.63, 3.8) is 0 Å². The Kier molecular flexibility index (Phi) is 5.83. The zero-order valence-corrected chi connectivity index (χ0v) is 10.0. The van der Waals surface area contributed by atoms with Crippen molar-refractivity contribution in [3.05, 3.63) is 37.8 Å². The van der Waals surface area contributed by atoms with Crippen molar-refractivity contribution < 1.29 is 25.2 Å². The fourth-order valence-electron chi connectivity index (χ4n) is 0.658. The minimum atomic E-state index is -3.72. The van der Waals surface area contributed by atoms with E-state index in [4.69, 9.17) is 0 Å². The van der Waals surface area contributed by atoms with Gasteiger partial charge >= 0.3 is 20.2 Å². The lowest BCUT2D eigenvalue weighted by Gasteiger charge is -1.99. The minimum Gasteiger partial charge on any atom is -0.391 e. The molecule has 0 aromatic rings. The van der Waals surface area contributed by atoms with E-state index in [9.17, 15) is 16.8 Å². The average molecular weight is 268 g/mol. The van der Waals surface area contributed by atoms with E-state index in [0.717, 1.165) is 24.7 Å². The third-order valence-corrected chi connectivity index (χ3v) is 3.26. The maximum Gasteiger partial charge on any atom is 0.312 e. The van der Waals surface area contributed by atoms with Crippen LogP contribution in [0.2, 0.25) is 0 Å². The van der Waals surface area contributed by atoms with E-state index < -0.39 is 31.7 Å². The van der Waals surface area contributed by atoms with Crippen molar-refractivity contribution >= 4 is 20.2 Å². The fraction of sp³-hybridized carbons (Fsp3) is 0.250. The molecule has 0 spiro atoms. The van der Waals surface area contributed by atoms with Crippen molar-refractivity contribution in [1.29, 1.82) is 0 Å².